The second-order valence-electron chi connectivity index (χ2n) is 8.10. The molecular weight excluding hydrogens is 412 g/mol. The van der Waals surface area contributed by atoms with Crippen LogP contribution in [0.1, 0.15) is 52.9 Å². The van der Waals surface area contributed by atoms with Crippen molar-refractivity contribution in [1.29, 1.82) is 0 Å². The maximum absolute atomic E-state index is 13.2. The van der Waals surface area contributed by atoms with Crippen molar-refractivity contribution in [2.75, 3.05) is 20.8 Å². The highest BCUT2D eigenvalue weighted by atomic mass is 32.1. The fraction of sp³-hybridized carbons (Fsp3) is 0.478. The number of methoxy groups -OCH3 is 1. The number of carbonyl (C=O) groups is 1. The number of aromatic nitrogens is 3. The molecule has 1 amide bonds. The molecule has 3 heterocycles. The lowest BCUT2D eigenvalue weighted by atomic mass is 9.90. The minimum absolute atomic E-state index is 0.0468. The average Bonchev–Trinajstić information content (AvgIpc) is 3.15. The molecule has 0 aromatic carbocycles. The molecule has 3 aromatic rings. The fourth-order valence-corrected chi connectivity index (χ4v) is 5.22. The highest BCUT2D eigenvalue weighted by molar-refractivity contribution is 7.20. The van der Waals surface area contributed by atoms with Gasteiger partial charge in [0, 0.05) is 25.9 Å². The lowest BCUT2D eigenvalue weighted by Crippen LogP contribution is -2.26. The highest BCUT2D eigenvalue weighted by Gasteiger charge is 2.23. The van der Waals surface area contributed by atoms with Crippen LogP contribution in [0.2, 0.25) is 0 Å². The first-order valence-corrected chi connectivity index (χ1v) is 11.5. The molecule has 164 valence electrons. The van der Waals surface area contributed by atoms with E-state index < -0.39 is 0 Å². The molecule has 0 N–H and O–H groups in total. The summed E-state index contributed by atoms with van der Waals surface area (Å²) in [5.41, 5.74) is 1.83. The lowest BCUT2D eigenvalue weighted by molar-refractivity contribution is 0.0789. The van der Waals surface area contributed by atoms with Crippen molar-refractivity contribution in [3.05, 3.63) is 40.7 Å². The maximum Gasteiger partial charge on any atom is 0.264 e. The van der Waals surface area contributed by atoms with Gasteiger partial charge >= 0.3 is 0 Å². The molecule has 4 rings (SSSR count). The van der Waals surface area contributed by atoms with Crippen molar-refractivity contribution < 1.29 is 14.3 Å². The molecule has 0 aliphatic heterocycles. The molecule has 0 atom stereocenters. The van der Waals surface area contributed by atoms with Crippen LogP contribution >= 0.6 is 11.3 Å². The molecule has 1 aliphatic carbocycles. The zero-order chi connectivity index (χ0) is 21.8. The zero-order valence-corrected chi connectivity index (χ0v) is 19.1. The quantitative estimate of drug-likeness (QED) is 0.533. The summed E-state index contributed by atoms with van der Waals surface area (Å²) in [5.74, 6) is 1.66. The van der Waals surface area contributed by atoms with Gasteiger partial charge in [0.1, 0.15) is 11.2 Å². The summed E-state index contributed by atoms with van der Waals surface area (Å²) < 4.78 is 11.3. The number of nitrogens with zero attached hydrogens (tertiary/aromatic N) is 4. The standard InChI is InChI=1S/C23H28N4O3S/c1-15-19-21(30-13-16-7-5-4-6-8-16)25-14-26-22(19)31-20(15)23(28)27(2)12-17-9-10-24-18(11-17)29-3/h9-11,14,16H,4-8,12-13H2,1-3H3. The zero-order valence-electron chi connectivity index (χ0n) is 18.3. The van der Waals surface area contributed by atoms with E-state index >= 15 is 0 Å². The number of pyridine rings is 1. The fourth-order valence-electron chi connectivity index (χ4n) is 4.08. The predicted octanol–water partition coefficient (Wildman–Crippen LogP) is 4.63. The van der Waals surface area contributed by atoms with Gasteiger partial charge in [-0.1, -0.05) is 19.3 Å². The summed E-state index contributed by atoms with van der Waals surface area (Å²) in [4.78, 5) is 29.3. The number of aryl methyl sites for hydroxylation is 1. The predicted molar refractivity (Wildman–Crippen MR) is 121 cm³/mol. The van der Waals surface area contributed by atoms with Gasteiger partial charge < -0.3 is 14.4 Å². The lowest BCUT2D eigenvalue weighted by Gasteiger charge is -2.21. The van der Waals surface area contributed by atoms with Crippen molar-refractivity contribution in [3.63, 3.8) is 0 Å². The number of rotatable bonds is 7. The van der Waals surface area contributed by atoms with Crippen LogP contribution in [0, 0.1) is 12.8 Å². The third-order valence-corrected chi connectivity index (χ3v) is 7.03. The summed E-state index contributed by atoms with van der Waals surface area (Å²) in [7, 11) is 3.38. The van der Waals surface area contributed by atoms with Gasteiger partial charge in [-0.15, -0.1) is 11.3 Å². The molecule has 1 aliphatic rings. The molecule has 0 saturated heterocycles. The van der Waals surface area contributed by atoms with Crippen LogP contribution in [0.3, 0.4) is 0 Å². The van der Waals surface area contributed by atoms with E-state index in [4.69, 9.17) is 9.47 Å². The minimum Gasteiger partial charge on any atom is -0.481 e. The SMILES string of the molecule is COc1cc(CN(C)C(=O)c2sc3ncnc(OCC4CCCCC4)c3c2C)ccn1. The molecular formula is C23H28N4O3S. The van der Waals surface area contributed by atoms with Crippen LogP contribution < -0.4 is 9.47 Å². The summed E-state index contributed by atoms with van der Waals surface area (Å²) >= 11 is 1.39. The Labute approximate surface area is 186 Å². The van der Waals surface area contributed by atoms with Gasteiger partial charge in [-0.2, -0.15) is 0 Å². The Kier molecular flexibility index (Phi) is 6.65. The first-order chi connectivity index (χ1) is 15.1. The van der Waals surface area contributed by atoms with Gasteiger partial charge in [0.15, 0.2) is 0 Å². The van der Waals surface area contributed by atoms with Gasteiger partial charge in [0.2, 0.25) is 11.8 Å². The van der Waals surface area contributed by atoms with Gasteiger partial charge in [0.25, 0.3) is 5.91 Å². The summed E-state index contributed by atoms with van der Waals surface area (Å²) in [6, 6.07) is 3.72. The second kappa shape index (κ2) is 9.60. The first kappa shape index (κ1) is 21.5. The molecule has 31 heavy (non-hydrogen) atoms. The normalized spacial score (nSPS) is 14.5. The van der Waals surface area contributed by atoms with Crippen LogP contribution in [-0.4, -0.2) is 46.5 Å². The Morgan fingerprint density at radius 3 is 2.81 bits per heavy atom. The van der Waals surface area contributed by atoms with Crippen molar-refractivity contribution in [2.24, 2.45) is 5.92 Å². The Balaban J connectivity index is 1.53. The molecule has 0 bridgehead atoms. The molecule has 7 nitrogen and oxygen atoms in total. The molecule has 1 saturated carbocycles. The van der Waals surface area contributed by atoms with E-state index in [1.54, 1.807) is 25.3 Å². The van der Waals surface area contributed by atoms with Crippen LogP contribution in [0.4, 0.5) is 0 Å². The first-order valence-electron chi connectivity index (χ1n) is 10.7. The van der Waals surface area contributed by atoms with E-state index in [-0.39, 0.29) is 5.91 Å². The van der Waals surface area contributed by atoms with Gasteiger partial charge in [-0.05, 0) is 42.9 Å². The number of hydrogen-bond acceptors (Lipinski definition) is 7. The molecule has 0 spiro atoms. The van der Waals surface area contributed by atoms with Crippen molar-refractivity contribution >= 4 is 27.5 Å². The Hall–Kier alpha value is -2.74. The smallest absolute Gasteiger partial charge is 0.264 e. The van der Waals surface area contributed by atoms with Crippen molar-refractivity contribution in [3.8, 4) is 11.8 Å². The van der Waals surface area contributed by atoms with E-state index in [0.717, 1.165) is 21.3 Å². The Morgan fingerprint density at radius 2 is 2.03 bits per heavy atom. The van der Waals surface area contributed by atoms with Crippen LogP contribution in [0.25, 0.3) is 10.2 Å². The van der Waals surface area contributed by atoms with Crippen LogP contribution in [0.5, 0.6) is 11.8 Å². The van der Waals surface area contributed by atoms with Crippen molar-refractivity contribution in [1.82, 2.24) is 19.9 Å². The number of carbonyl (C=O) groups excluding carboxylic acids is 1. The Bertz CT molecular complexity index is 1060. The second-order valence-corrected chi connectivity index (χ2v) is 9.10. The van der Waals surface area contributed by atoms with E-state index in [9.17, 15) is 4.79 Å². The summed E-state index contributed by atoms with van der Waals surface area (Å²) in [5, 5.41) is 0.852. The van der Waals surface area contributed by atoms with Gasteiger partial charge in [-0.3, -0.25) is 4.79 Å². The number of ether oxygens (including phenoxy) is 2. The Morgan fingerprint density at radius 1 is 1.23 bits per heavy atom. The number of thiophene rings is 1. The topological polar surface area (TPSA) is 77.4 Å². The average molecular weight is 441 g/mol. The van der Waals surface area contributed by atoms with Crippen LogP contribution in [0.15, 0.2) is 24.7 Å². The summed E-state index contributed by atoms with van der Waals surface area (Å²) in [6.45, 7) is 3.09. The monoisotopic (exact) mass is 440 g/mol. The van der Waals surface area contributed by atoms with E-state index in [1.165, 1.54) is 49.8 Å². The minimum atomic E-state index is -0.0468. The van der Waals surface area contributed by atoms with E-state index in [2.05, 4.69) is 15.0 Å². The van der Waals surface area contributed by atoms with Gasteiger partial charge in [0.05, 0.1) is 24.0 Å². The van der Waals surface area contributed by atoms with Crippen LogP contribution in [-0.2, 0) is 6.54 Å². The largest absolute Gasteiger partial charge is 0.481 e. The van der Waals surface area contributed by atoms with E-state index in [0.29, 0.717) is 35.7 Å². The highest BCUT2D eigenvalue weighted by Crippen LogP contribution is 2.36. The third kappa shape index (κ3) is 4.79. The molecule has 0 unspecified atom stereocenters. The van der Waals surface area contributed by atoms with Crippen molar-refractivity contribution in [2.45, 2.75) is 45.6 Å². The van der Waals surface area contributed by atoms with Gasteiger partial charge in [-0.25, -0.2) is 15.0 Å². The molecule has 8 heteroatoms. The molecule has 3 aromatic heterocycles. The summed E-state index contributed by atoms with van der Waals surface area (Å²) in [6.07, 6.45) is 9.51. The maximum atomic E-state index is 13.2. The third-order valence-electron chi connectivity index (χ3n) is 5.84. The number of fused-ring (bicyclic) bond motifs is 1. The molecule has 0 radical (unpaired) electrons. The molecule has 1 fully saturated rings. The van der Waals surface area contributed by atoms with E-state index in [1.807, 2.05) is 19.1 Å². The number of hydrogen-bond donors (Lipinski definition) is 0. The number of amides is 1.